The lowest BCUT2D eigenvalue weighted by Crippen LogP contribution is -2.38. The van der Waals surface area contributed by atoms with Crippen LogP contribution in [-0.2, 0) is 6.54 Å². The van der Waals surface area contributed by atoms with E-state index in [-0.39, 0.29) is 11.9 Å². The molecule has 1 fully saturated rings. The Morgan fingerprint density at radius 2 is 2.04 bits per heavy atom. The molecule has 126 valence electrons. The number of likely N-dealkylation sites (tertiary alicyclic amines) is 1. The maximum Gasteiger partial charge on any atom is 0.317 e. The molecule has 3 aromatic rings. The van der Waals surface area contributed by atoms with Crippen LogP contribution in [0.1, 0.15) is 23.6 Å². The van der Waals surface area contributed by atoms with Gasteiger partial charge in [-0.15, -0.1) is 0 Å². The monoisotopic (exact) mass is 332 g/mol. The van der Waals surface area contributed by atoms with E-state index in [9.17, 15) is 4.79 Å². The van der Waals surface area contributed by atoms with Crippen LogP contribution in [0.2, 0.25) is 0 Å². The number of amides is 2. The molecule has 1 unspecified atom stereocenters. The Labute approximate surface area is 146 Å². The van der Waals surface area contributed by atoms with Gasteiger partial charge in [0.1, 0.15) is 0 Å². The smallest absolute Gasteiger partial charge is 0.317 e. The highest BCUT2D eigenvalue weighted by Gasteiger charge is 2.28. The van der Waals surface area contributed by atoms with E-state index in [0.717, 1.165) is 24.2 Å². The van der Waals surface area contributed by atoms with Gasteiger partial charge in [0.2, 0.25) is 0 Å². The first-order valence-electron chi connectivity index (χ1n) is 8.56. The zero-order valence-corrected chi connectivity index (χ0v) is 13.9. The summed E-state index contributed by atoms with van der Waals surface area (Å²) in [7, 11) is 0. The van der Waals surface area contributed by atoms with Gasteiger partial charge in [-0.05, 0) is 22.8 Å². The van der Waals surface area contributed by atoms with Crippen LogP contribution in [0.25, 0.3) is 10.8 Å². The van der Waals surface area contributed by atoms with E-state index in [1.54, 1.807) is 18.6 Å². The first-order chi connectivity index (χ1) is 12.3. The molecule has 0 spiro atoms. The van der Waals surface area contributed by atoms with Crippen molar-refractivity contribution < 1.29 is 4.79 Å². The molecule has 1 N–H and O–H groups in total. The van der Waals surface area contributed by atoms with Crippen LogP contribution in [0, 0.1) is 0 Å². The number of carbonyl (C=O) groups is 1. The van der Waals surface area contributed by atoms with Gasteiger partial charge in [0.15, 0.2) is 0 Å². The number of hydrogen-bond acceptors (Lipinski definition) is 3. The number of hydrogen-bond donors (Lipinski definition) is 1. The molecular weight excluding hydrogens is 312 g/mol. The summed E-state index contributed by atoms with van der Waals surface area (Å²) in [6.45, 7) is 1.98. The van der Waals surface area contributed by atoms with Crippen LogP contribution in [0.4, 0.5) is 4.79 Å². The van der Waals surface area contributed by atoms with Crippen molar-refractivity contribution in [1.29, 1.82) is 0 Å². The van der Waals surface area contributed by atoms with Crippen LogP contribution in [0.3, 0.4) is 0 Å². The predicted molar refractivity (Wildman–Crippen MR) is 97.1 cm³/mol. The third-order valence-electron chi connectivity index (χ3n) is 4.79. The predicted octanol–water partition coefficient (Wildman–Crippen LogP) is 3.33. The van der Waals surface area contributed by atoms with E-state index in [1.807, 2.05) is 23.1 Å². The van der Waals surface area contributed by atoms with Crippen molar-refractivity contribution in [2.75, 3.05) is 13.1 Å². The van der Waals surface area contributed by atoms with Gasteiger partial charge in [0.05, 0.1) is 5.69 Å². The number of benzene rings is 2. The molecule has 0 bridgehead atoms. The lowest BCUT2D eigenvalue weighted by Gasteiger charge is -2.18. The average molecular weight is 332 g/mol. The van der Waals surface area contributed by atoms with Gasteiger partial charge in [0, 0.05) is 44.1 Å². The van der Waals surface area contributed by atoms with E-state index in [4.69, 9.17) is 0 Å². The topological polar surface area (TPSA) is 58.1 Å². The minimum absolute atomic E-state index is 0.0145. The van der Waals surface area contributed by atoms with E-state index >= 15 is 0 Å². The zero-order chi connectivity index (χ0) is 17.1. The van der Waals surface area contributed by atoms with Crippen molar-refractivity contribution in [3.05, 3.63) is 72.3 Å². The van der Waals surface area contributed by atoms with Gasteiger partial charge in [0.25, 0.3) is 0 Å². The molecule has 2 heterocycles. The molecular formula is C20H20N4O. The van der Waals surface area contributed by atoms with Crippen LogP contribution >= 0.6 is 0 Å². The van der Waals surface area contributed by atoms with E-state index < -0.39 is 0 Å². The molecule has 5 nitrogen and oxygen atoms in total. The minimum Gasteiger partial charge on any atom is -0.334 e. The van der Waals surface area contributed by atoms with Crippen LogP contribution in [-0.4, -0.2) is 34.0 Å². The molecule has 1 atom stereocenters. The van der Waals surface area contributed by atoms with Crippen molar-refractivity contribution in [1.82, 2.24) is 20.2 Å². The molecule has 1 aliphatic rings. The molecule has 5 heteroatoms. The van der Waals surface area contributed by atoms with E-state index in [1.165, 1.54) is 10.8 Å². The summed E-state index contributed by atoms with van der Waals surface area (Å²) in [4.78, 5) is 22.9. The lowest BCUT2D eigenvalue weighted by atomic mass is 10.0. The molecule has 2 aromatic carbocycles. The SMILES string of the molecule is O=C(NCc1cccc2ccccc12)N1CCC(c2cnccn2)C1. The summed E-state index contributed by atoms with van der Waals surface area (Å²) in [5.74, 6) is 0.275. The number of rotatable bonds is 3. The lowest BCUT2D eigenvalue weighted by molar-refractivity contribution is 0.208. The first-order valence-corrected chi connectivity index (χ1v) is 8.56. The quantitative estimate of drug-likeness (QED) is 0.800. The maximum atomic E-state index is 12.5. The van der Waals surface area contributed by atoms with Crippen LogP contribution in [0.15, 0.2) is 61.1 Å². The molecule has 0 saturated carbocycles. The van der Waals surface area contributed by atoms with Gasteiger partial charge in [-0.3, -0.25) is 9.97 Å². The van der Waals surface area contributed by atoms with Gasteiger partial charge in [-0.2, -0.15) is 0 Å². The standard InChI is InChI=1S/C20H20N4O/c25-20(24-11-8-17(14-24)19-13-21-9-10-22-19)23-12-16-6-3-5-15-4-1-2-7-18(15)16/h1-7,9-10,13,17H,8,11-12,14H2,(H,23,25). The third kappa shape index (κ3) is 3.31. The molecule has 1 aromatic heterocycles. The maximum absolute atomic E-state index is 12.5. The molecule has 2 amide bonds. The normalized spacial score (nSPS) is 17.0. The van der Waals surface area contributed by atoms with Crippen molar-refractivity contribution in [3.63, 3.8) is 0 Å². The van der Waals surface area contributed by atoms with Crippen LogP contribution < -0.4 is 5.32 Å². The van der Waals surface area contributed by atoms with Crippen molar-refractivity contribution in [2.24, 2.45) is 0 Å². The highest BCUT2D eigenvalue weighted by atomic mass is 16.2. The summed E-state index contributed by atoms with van der Waals surface area (Å²) in [5, 5.41) is 5.43. The summed E-state index contributed by atoms with van der Waals surface area (Å²) in [6, 6.07) is 14.4. The van der Waals surface area contributed by atoms with E-state index in [0.29, 0.717) is 13.1 Å². The fraction of sp³-hybridized carbons (Fsp3) is 0.250. The highest BCUT2D eigenvalue weighted by molar-refractivity contribution is 5.86. The number of urea groups is 1. The second-order valence-corrected chi connectivity index (χ2v) is 6.36. The molecule has 4 rings (SSSR count). The molecule has 1 aliphatic heterocycles. The van der Waals surface area contributed by atoms with Gasteiger partial charge < -0.3 is 10.2 Å². The molecule has 1 saturated heterocycles. The van der Waals surface area contributed by atoms with Gasteiger partial charge >= 0.3 is 6.03 Å². The molecule has 0 aliphatic carbocycles. The van der Waals surface area contributed by atoms with Crippen LogP contribution in [0.5, 0.6) is 0 Å². The highest BCUT2D eigenvalue weighted by Crippen LogP contribution is 2.25. The van der Waals surface area contributed by atoms with Gasteiger partial charge in [-0.25, -0.2) is 4.79 Å². The number of nitrogens with zero attached hydrogens (tertiary/aromatic N) is 3. The average Bonchev–Trinajstić information content (AvgIpc) is 3.17. The largest absolute Gasteiger partial charge is 0.334 e. The number of aromatic nitrogens is 2. The number of nitrogens with one attached hydrogen (secondary N) is 1. The fourth-order valence-electron chi connectivity index (χ4n) is 3.44. The third-order valence-corrected chi connectivity index (χ3v) is 4.79. The number of carbonyl (C=O) groups excluding carboxylic acids is 1. The second kappa shape index (κ2) is 6.89. The van der Waals surface area contributed by atoms with Crippen molar-refractivity contribution >= 4 is 16.8 Å². The Hall–Kier alpha value is -2.95. The first kappa shape index (κ1) is 15.6. The Bertz CT molecular complexity index is 876. The Morgan fingerprint density at radius 3 is 2.92 bits per heavy atom. The second-order valence-electron chi connectivity index (χ2n) is 6.36. The zero-order valence-electron chi connectivity index (χ0n) is 13.9. The van der Waals surface area contributed by atoms with Gasteiger partial charge in [-0.1, -0.05) is 42.5 Å². The molecule has 0 radical (unpaired) electrons. The van der Waals surface area contributed by atoms with E-state index in [2.05, 4.69) is 39.6 Å². The number of fused-ring (bicyclic) bond motifs is 1. The van der Waals surface area contributed by atoms with Crippen molar-refractivity contribution in [2.45, 2.75) is 18.9 Å². The molecule has 25 heavy (non-hydrogen) atoms. The summed E-state index contributed by atoms with van der Waals surface area (Å²) >= 11 is 0. The Kier molecular flexibility index (Phi) is 4.29. The summed E-state index contributed by atoms with van der Waals surface area (Å²) < 4.78 is 0. The van der Waals surface area contributed by atoms with Crippen molar-refractivity contribution in [3.8, 4) is 0 Å². The minimum atomic E-state index is -0.0145. The Morgan fingerprint density at radius 1 is 1.16 bits per heavy atom. The summed E-state index contributed by atoms with van der Waals surface area (Å²) in [5.41, 5.74) is 2.10. The Balaban J connectivity index is 1.39. The summed E-state index contributed by atoms with van der Waals surface area (Å²) in [6.07, 6.45) is 6.11. The fourth-order valence-corrected chi connectivity index (χ4v) is 3.44.